The third-order valence-corrected chi connectivity index (χ3v) is 2.93. The molecule has 0 amide bonds. The van der Waals surface area contributed by atoms with E-state index in [9.17, 15) is 4.39 Å². The van der Waals surface area contributed by atoms with E-state index < -0.39 is 5.82 Å². The fourth-order valence-corrected chi connectivity index (χ4v) is 1.80. The molecule has 4 nitrogen and oxygen atoms in total. The normalized spacial score (nSPS) is 11.5. The summed E-state index contributed by atoms with van der Waals surface area (Å²) in [7, 11) is 1.43. The van der Waals surface area contributed by atoms with Gasteiger partial charge in [-0.2, -0.15) is 5.26 Å². The first kappa shape index (κ1) is 13.8. The summed E-state index contributed by atoms with van der Waals surface area (Å²) in [6, 6.07) is 10.1. The number of nitrogens with one attached hydrogen (secondary N) is 1. The van der Waals surface area contributed by atoms with Crippen LogP contribution < -0.4 is 10.1 Å². The number of nitriles is 1. The highest BCUT2D eigenvalue weighted by Gasteiger charge is 2.10. The van der Waals surface area contributed by atoms with Crippen molar-refractivity contribution in [3.63, 3.8) is 0 Å². The molecule has 0 aliphatic heterocycles. The molecule has 0 spiro atoms. The number of aromatic nitrogens is 1. The van der Waals surface area contributed by atoms with E-state index in [2.05, 4.69) is 10.3 Å². The molecular weight excluding hydrogens is 257 g/mol. The van der Waals surface area contributed by atoms with Crippen molar-refractivity contribution in [3.8, 4) is 11.8 Å². The third-order valence-electron chi connectivity index (χ3n) is 2.93. The molecule has 2 rings (SSSR count). The first-order valence-corrected chi connectivity index (χ1v) is 6.10. The maximum atomic E-state index is 13.6. The van der Waals surface area contributed by atoms with Crippen LogP contribution in [0.2, 0.25) is 0 Å². The molecule has 102 valence electrons. The van der Waals surface area contributed by atoms with Crippen LogP contribution in [0.1, 0.15) is 24.1 Å². The van der Waals surface area contributed by atoms with E-state index in [1.165, 1.54) is 19.4 Å². The Morgan fingerprint density at radius 2 is 2.15 bits per heavy atom. The van der Waals surface area contributed by atoms with Crippen molar-refractivity contribution >= 4 is 5.82 Å². The summed E-state index contributed by atoms with van der Waals surface area (Å²) in [5.74, 6) is 0.455. The number of hydrogen-bond donors (Lipinski definition) is 1. The van der Waals surface area contributed by atoms with E-state index in [1.807, 2.05) is 13.0 Å². The lowest BCUT2D eigenvalue weighted by Gasteiger charge is -2.15. The van der Waals surface area contributed by atoms with Crippen LogP contribution in [-0.4, -0.2) is 12.1 Å². The van der Waals surface area contributed by atoms with E-state index in [4.69, 9.17) is 10.00 Å². The number of halogens is 1. The van der Waals surface area contributed by atoms with Crippen LogP contribution in [-0.2, 0) is 0 Å². The lowest BCUT2D eigenvalue weighted by molar-refractivity contribution is 0.386. The average Bonchev–Trinajstić information content (AvgIpc) is 2.48. The Morgan fingerprint density at radius 1 is 1.35 bits per heavy atom. The molecule has 0 fully saturated rings. The minimum absolute atomic E-state index is 0.115. The van der Waals surface area contributed by atoms with Crippen LogP contribution in [0.4, 0.5) is 10.2 Å². The highest BCUT2D eigenvalue weighted by molar-refractivity contribution is 5.42. The van der Waals surface area contributed by atoms with Gasteiger partial charge in [0, 0.05) is 6.20 Å². The topological polar surface area (TPSA) is 57.9 Å². The largest absolute Gasteiger partial charge is 0.494 e. The van der Waals surface area contributed by atoms with Crippen LogP contribution >= 0.6 is 0 Å². The van der Waals surface area contributed by atoms with Gasteiger partial charge in [0.2, 0.25) is 0 Å². The van der Waals surface area contributed by atoms with Gasteiger partial charge >= 0.3 is 0 Å². The summed E-state index contributed by atoms with van der Waals surface area (Å²) in [6.07, 6.45) is 1.49. The summed E-state index contributed by atoms with van der Waals surface area (Å²) in [4.78, 5) is 4.12. The average molecular weight is 271 g/mol. The molecular formula is C15H14FN3O. The molecule has 1 heterocycles. The van der Waals surface area contributed by atoms with E-state index in [1.54, 1.807) is 24.3 Å². The SMILES string of the molecule is COc1ccc([C@@H](C)Nc2ccc(C#N)cn2)cc1F. The molecule has 0 aliphatic rings. The van der Waals surface area contributed by atoms with Crippen LogP contribution in [0.15, 0.2) is 36.5 Å². The van der Waals surface area contributed by atoms with Crippen molar-refractivity contribution in [2.45, 2.75) is 13.0 Å². The molecule has 0 aliphatic carbocycles. The first-order valence-electron chi connectivity index (χ1n) is 6.10. The van der Waals surface area contributed by atoms with Gasteiger partial charge in [-0.1, -0.05) is 6.07 Å². The molecule has 0 unspecified atom stereocenters. The highest BCUT2D eigenvalue weighted by atomic mass is 19.1. The number of pyridine rings is 1. The van der Waals surface area contributed by atoms with Gasteiger partial charge in [0.25, 0.3) is 0 Å². The van der Waals surface area contributed by atoms with Crippen molar-refractivity contribution < 1.29 is 9.13 Å². The second-order valence-corrected chi connectivity index (χ2v) is 4.30. The Morgan fingerprint density at radius 3 is 2.70 bits per heavy atom. The van der Waals surface area contributed by atoms with Gasteiger partial charge in [-0.05, 0) is 36.8 Å². The van der Waals surface area contributed by atoms with Crippen molar-refractivity contribution in [2.24, 2.45) is 0 Å². The Bertz CT molecular complexity index is 635. The second-order valence-electron chi connectivity index (χ2n) is 4.30. The smallest absolute Gasteiger partial charge is 0.165 e. The molecule has 0 saturated heterocycles. The predicted octanol–water partition coefficient (Wildman–Crippen LogP) is 3.27. The minimum Gasteiger partial charge on any atom is -0.494 e. The molecule has 0 bridgehead atoms. The van der Waals surface area contributed by atoms with Gasteiger partial charge in [0.05, 0.1) is 18.7 Å². The number of hydrogen-bond acceptors (Lipinski definition) is 4. The quantitative estimate of drug-likeness (QED) is 0.927. The zero-order valence-corrected chi connectivity index (χ0v) is 11.2. The van der Waals surface area contributed by atoms with E-state index in [-0.39, 0.29) is 11.8 Å². The van der Waals surface area contributed by atoms with Crippen molar-refractivity contribution in [1.29, 1.82) is 5.26 Å². The maximum Gasteiger partial charge on any atom is 0.165 e. The molecule has 1 aromatic carbocycles. The molecule has 1 atom stereocenters. The van der Waals surface area contributed by atoms with Crippen LogP contribution in [0.3, 0.4) is 0 Å². The standard InChI is InChI=1S/C15H14FN3O/c1-10(12-4-5-14(20-2)13(16)7-12)19-15-6-3-11(8-17)9-18-15/h3-7,9-10H,1-2H3,(H,18,19)/t10-/m1/s1. The number of ether oxygens (including phenoxy) is 1. The predicted molar refractivity (Wildman–Crippen MR) is 73.9 cm³/mol. The Labute approximate surface area is 116 Å². The Hall–Kier alpha value is -2.61. The summed E-state index contributed by atoms with van der Waals surface area (Å²) in [6.45, 7) is 1.90. The van der Waals surface area contributed by atoms with Crippen molar-refractivity contribution in [2.75, 3.05) is 12.4 Å². The fraction of sp³-hybridized carbons (Fsp3) is 0.200. The molecule has 0 saturated carbocycles. The molecule has 0 radical (unpaired) electrons. The summed E-state index contributed by atoms with van der Waals surface area (Å²) >= 11 is 0. The summed E-state index contributed by atoms with van der Waals surface area (Å²) in [5, 5.41) is 11.9. The summed E-state index contributed by atoms with van der Waals surface area (Å²) < 4.78 is 18.5. The zero-order valence-electron chi connectivity index (χ0n) is 11.2. The fourth-order valence-electron chi connectivity index (χ4n) is 1.80. The number of methoxy groups -OCH3 is 1. The van der Waals surface area contributed by atoms with Crippen molar-refractivity contribution in [3.05, 3.63) is 53.5 Å². The van der Waals surface area contributed by atoms with E-state index in [0.29, 0.717) is 11.4 Å². The first-order chi connectivity index (χ1) is 9.63. The molecule has 1 N–H and O–H groups in total. The van der Waals surface area contributed by atoms with Gasteiger partial charge < -0.3 is 10.1 Å². The lowest BCUT2D eigenvalue weighted by Crippen LogP contribution is -2.08. The number of anilines is 1. The summed E-state index contributed by atoms with van der Waals surface area (Å²) in [5.41, 5.74) is 1.29. The van der Waals surface area contributed by atoms with Crippen molar-refractivity contribution in [1.82, 2.24) is 4.98 Å². The van der Waals surface area contributed by atoms with Crippen LogP contribution in [0.25, 0.3) is 0 Å². The Kier molecular flexibility index (Phi) is 4.16. The maximum absolute atomic E-state index is 13.6. The monoisotopic (exact) mass is 271 g/mol. The van der Waals surface area contributed by atoms with Crippen LogP contribution in [0.5, 0.6) is 5.75 Å². The second kappa shape index (κ2) is 6.02. The lowest BCUT2D eigenvalue weighted by atomic mass is 10.1. The van der Waals surface area contributed by atoms with E-state index >= 15 is 0 Å². The third kappa shape index (κ3) is 3.04. The van der Waals surface area contributed by atoms with Gasteiger partial charge in [-0.25, -0.2) is 9.37 Å². The molecule has 5 heteroatoms. The molecule has 1 aromatic heterocycles. The minimum atomic E-state index is -0.397. The van der Waals surface area contributed by atoms with Gasteiger partial charge in [0.15, 0.2) is 11.6 Å². The molecule has 2 aromatic rings. The van der Waals surface area contributed by atoms with Gasteiger partial charge in [-0.3, -0.25) is 0 Å². The van der Waals surface area contributed by atoms with E-state index in [0.717, 1.165) is 5.56 Å². The number of benzene rings is 1. The molecule has 20 heavy (non-hydrogen) atoms. The van der Waals surface area contributed by atoms with Gasteiger partial charge in [0.1, 0.15) is 11.9 Å². The van der Waals surface area contributed by atoms with Crippen LogP contribution in [0, 0.1) is 17.1 Å². The number of nitrogens with zero attached hydrogens (tertiary/aromatic N) is 2. The zero-order chi connectivity index (χ0) is 14.5. The number of rotatable bonds is 4. The van der Waals surface area contributed by atoms with Gasteiger partial charge in [-0.15, -0.1) is 0 Å². The highest BCUT2D eigenvalue weighted by Crippen LogP contribution is 2.23. The Balaban J connectivity index is 2.13.